The highest BCUT2D eigenvalue weighted by Gasteiger charge is 2.45. The average Bonchev–Trinajstić information content (AvgIpc) is 2.62. The van der Waals surface area contributed by atoms with Gasteiger partial charge in [-0.15, -0.1) is 0 Å². The number of nitrogens with zero attached hydrogens (tertiary/aromatic N) is 1. The van der Waals surface area contributed by atoms with E-state index in [1.54, 1.807) is 12.1 Å². The lowest BCUT2D eigenvalue weighted by Gasteiger charge is -2.40. The molecule has 6 nitrogen and oxygen atoms in total. The topological polar surface area (TPSA) is 75.7 Å². The second kappa shape index (κ2) is 7.38. The number of amides is 1. The van der Waals surface area contributed by atoms with Crippen molar-refractivity contribution in [1.29, 1.82) is 0 Å². The Morgan fingerprint density at radius 1 is 1.11 bits per heavy atom. The predicted octanol–water partition coefficient (Wildman–Crippen LogP) is 3.07. The Hall–Kier alpha value is -2.29. The number of halogens is 1. The molecule has 2 aromatic rings. The maximum atomic E-state index is 13.2. The Balaban J connectivity index is 1.79. The molecule has 0 saturated heterocycles. The Morgan fingerprint density at radius 3 is 2.19 bits per heavy atom. The molecule has 1 amide bonds. The van der Waals surface area contributed by atoms with Gasteiger partial charge in [-0.25, -0.2) is 12.8 Å². The molecule has 0 aromatic heterocycles. The Kier molecular flexibility index (Phi) is 5.32. The van der Waals surface area contributed by atoms with E-state index in [9.17, 15) is 17.6 Å². The van der Waals surface area contributed by atoms with Crippen LogP contribution in [0.3, 0.4) is 0 Å². The van der Waals surface area contributed by atoms with E-state index in [0.29, 0.717) is 18.5 Å². The van der Waals surface area contributed by atoms with Crippen molar-refractivity contribution in [2.75, 3.05) is 19.5 Å². The van der Waals surface area contributed by atoms with Crippen LogP contribution >= 0.6 is 0 Å². The number of anilines is 1. The summed E-state index contributed by atoms with van der Waals surface area (Å²) in [4.78, 5) is 17.7. The molecule has 1 fully saturated rings. The molecule has 1 saturated carbocycles. The summed E-state index contributed by atoms with van der Waals surface area (Å²) in [6.07, 6.45) is 2.30. The highest BCUT2D eigenvalue weighted by Crippen LogP contribution is 2.44. The van der Waals surface area contributed by atoms with Gasteiger partial charge in [0.15, 0.2) is 0 Å². The Bertz CT molecular complexity index is 923. The lowest BCUT2D eigenvalue weighted by Crippen LogP contribution is -2.46. The number of carbonyl (C=O) groups excluding carboxylic acids is 1. The average molecular weight is 392 g/mol. The van der Waals surface area contributed by atoms with Crippen LogP contribution in [-0.2, 0) is 25.1 Å². The summed E-state index contributed by atoms with van der Waals surface area (Å²) in [7, 11) is -1.18. The van der Waals surface area contributed by atoms with Crippen LogP contribution in [0, 0.1) is 5.82 Å². The lowest BCUT2D eigenvalue weighted by molar-refractivity contribution is -0.124. The molecule has 3 rings (SSSR count). The fourth-order valence-corrected chi connectivity index (χ4v) is 4.13. The largest absolute Gasteiger partial charge is 0.325 e. The van der Waals surface area contributed by atoms with Gasteiger partial charge in [-0.3, -0.25) is 9.63 Å². The molecule has 144 valence electrons. The van der Waals surface area contributed by atoms with Gasteiger partial charge < -0.3 is 5.32 Å². The number of sulfonamides is 1. The van der Waals surface area contributed by atoms with Crippen molar-refractivity contribution in [2.24, 2.45) is 0 Å². The summed E-state index contributed by atoms with van der Waals surface area (Å²) in [6, 6.07) is 11.9. The molecule has 2 aromatic carbocycles. The number of carbonyl (C=O) groups is 1. The van der Waals surface area contributed by atoms with Crippen molar-refractivity contribution in [2.45, 2.75) is 29.6 Å². The fraction of sp³-hybridized carbons (Fsp3) is 0.316. The van der Waals surface area contributed by atoms with Crippen molar-refractivity contribution >= 4 is 21.6 Å². The fourth-order valence-electron chi connectivity index (χ4n) is 3.15. The van der Waals surface area contributed by atoms with E-state index < -0.39 is 15.4 Å². The molecule has 8 heteroatoms. The summed E-state index contributed by atoms with van der Waals surface area (Å²) in [6.45, 7) is 0. The molecule has 1 N–H and O–H groups in total. The van der Waals surface area contributed by atoms with Gasteiger partial charge in [-0.2, -0.15) is 0 Å². The molecule has 0 aliphatic heterocycles. The first-order valence-electron chi connectivity index (χ1n) is 8.50. The summed E-state index contributed by atoms with van der Waals surface area (Å²) >= 11 is 0. The van der Waals surface area contributed by atoms with Gasteiger partial charge in [-0.05, 0) is 54.8 Å². The maximum Gasteiger partial charge on any atom is 0.264 e. The molecule has 1 aliphatic carbocycles. The van der Waals surface area contributed by atoms with E-state index in [1.807, 2.05) is 0 Å². The molecule has 0 spiro atoms. The number of rotatable bonds is 6. The normalized spacial score (nSPS) is 16.0. The molecular weight excluding hydrogens is 371 g/mol. The number of hydrogen-bond donors (Lipinski definition) is 1. The lowest BCUT2D eigenvalue weighted by atomic mass is 9.64. The van der Waals surface area contributed by atoms with Crippen LogP contribution in [-0.4, -0.2) is 33.0 Å². The van der Waals surface area contributed by atoms with Gasteiger partial charge in [0.25, 0.3) is 10.0 Å². The molecule has 0 bridgehead atoms. The molecule has 1 aliphatic rings. The molecule has 0 radical (unpaired) electrons. The van der Waals surface area contributed by atoms with E-state index in [-0.39, 0.29) is 16.6 Å². The Labute approximate surface area is 158 Å². The zero-order chi connectivity index (χ0) is 19.7. The minimum Gasteiger partial charge on any atom is -0.325 e. The van der Waals surface area contributed by atoms with Gasteiger partial charge in [0, 0.05) is 12.7 Å². The van der Waals surface area contributed by atoms with Crippen molar-refractivity contribution < 1.29 is 22.4 Å². The minimum absolute atomic E-state index is 0.0572. The van der Waals surface area contributed by atoms with Crippen LogP contribution in [0.1, 0.15) is 24.8 Å². The monoisotopic (exact) mass is 392 g/mol. The second-order valence-corrected chi connectivity index (χ2v) is 8.45. The maximum absolute atomic E-state index is 13.2. The minimum atomic E-state index is -3.74. The zero-order valence-electron chi connectivity index (χ0n) is 15.1. The summed E-state index contributed by atoms with van der Waals surface area (Å²) in [5.41, 5.74) is 0.607. The number of nitrogens with one attached hydrogen (secondary N) is 1. The molecule has 0 heterocycles. The van der Waals surface area contributed by atoms with Gasteiger partial charge >= 0.3 is 0 Å². The second-order valence-electron chi connectivity index (χ2n) is 6.52. The Morgan fingerprint density at radius 2 is 1.70 bits per heavy atom. The van der Waals surface area contributed by atoms with E-state index in [4.69, 9.17) is 4.84 Å². The van der Waals surface area contributed by atoms with Crippen LogP contribution in [0.4, 0.5) is 10.1 Å². The third-order valence-electron chi connectivity index (χ3n) is 5.04. The van der Waals surface area contributed by atoms with Crippen LogP contribution in [0.5, 0.6) is 0 Å². The highest BCUT2D eigenvalue weighted by atomic mass is 32.2. The van der Waals surface area contributed by atoms with Crippen molar-refractivity contribution in [3.05, 3.63) is 59.9 Å². The van der Waals surface area contributed by atoms with Crippen LogP contribution < -0.4 is 5.32 Å². The molecule has 27 heavy (non-hydrogen) atoms. The van der Waals surface area contributed by atoms with Crippen molar-refractivity contribution in [3.8, 4) is 0 Å². The quantitative estimate of drug-likeness (QED) is 0.767. The molecular formula is C19H21FN2O4S. The van der Waals surface area contributed by atoms with Gasteiger partial charge in [0.2, 0.25) is 5.91 Å². The number of hydroxylamine groups is 1. The van der Waals surface area contributed by atoms with E-state index in [0.717, 1.165) is 16.5 Å². The molecule has 0 atom stereocenters. The standard InChI is InChI=1S/C19H21FN2O4S/c1-22(26-2)27(24,25)17-10-8-16(9-11-17)21-18(23)19(12-3-13-19)14-4-6-15(20)7-5-14/h4-11H,3,12-13H2,1-2H3,(H,21,23). The third-order valence-corrected chi connectivity index (χ3v) is 6.74. The smallest absolute Gasteiger partial charge is 0.264 e. The SMILES string of the molecule is CON(C)S(=O)(=O)c1ccc(NC(=O)C2(c3ccc(F)cc3)CCC2)cc1. The molecule has 0 unspecified atom stereocenters. The van der Waals surface area contributed by atoms with Gasteiger partial charge in [-0.1, -0.05) is 23.0 Å². The van der Waals surface area contributed by atoms with Crippen LogP contribution in [0.15, 0.2) is 53.4 Å². The van der Waals surface area contributed by atoms with E-state index in [1.165, 1.54) is 50.6 Å². The van der Waals surface area contributed by atoms with Crippen LogP contribution in [0.25, 0.3) is 0 Å². The zero-order valence-corrected chi connectivity index (χ0v) is 15.9. The van der Waals surface area contributed by atoms with Crippen molar-refractivity contribution in [1.82, 2.24) is 4.47 Å². The predicted molar refractivity (Wildman–Crippen MR) is 99.0 cm³/mol. The first kappa shape index (κ1) is 19.5. The number of benzene rings is 2. The summed E-state index contributed by atoms with van der Waals surface area (Å²) in [5.74, 6) is -0.517. The highest BCUT2D eigenvalue weighted by molar-refractivity contribution is 7.89. The first-order chi connectivity index (χ1) is 12.8. The van der Waals surface area contributed by atoms with Crippen LogP contribution in [0.2, 0.25) is 0 Å². The van der Waals surface area contributed by atoms with Gasteiger partial charge in [0.05, 0.1) is 17.4 Å². The van der Waals surface area contributed by atoms with E-state index in [2.05, 4.69) is 5.32 Å². The first-order valence-corrected chi connectivity index (χ1v) is 9.94. The number of hydrogen-bond acceptors (Lipinski definition) is 4. The third kappa shape index (κ3) is 3.60. The van der Waals surface area contributed by atoms with Crippen molar-refractivity contribution in [3.63, 3.8) is 0 Å². The van der Waals surface area contributed by atoms with Gasteiger partial charge in [0.1, 0.15) is 5.82 Å². The summed E-state index contributed by atoms with van der Waals surface area (Å²) < 4.78 is 38.4. The summed E-state index contributed by atoms with van der Waals surface area (Å²) in [5, 5.41) is 2.85. The van der Waals surface area contributed by atoms with E-state index >= 15 is 0 Å².